The minimum Gasteiger partial charge on any atom is -0.495 e. The Labute approximate surface area is 103 Å². The topological polar surface area (TPSA) is 21.3 Å². The maximum atomic E-state index is 6.05. The molecular formula is C13H20ClNO. The molecule has 0 aromatic heterocycles. The SMILES string of the molecule is COc1ccc(CNC(C)C(C)C)cc1Cl. The van der Waals surface area contributed by atoms with Gasteiger partial charge in [-0.25, -0.2) is 0 Å². The van der Waals surface area contributed by atoms with Crippen LogP contribution in [0.4, 0.5) is 0 Å². The highest BCUT2D eigenvalue weighted by molar-refractivity contribution is 6.32. The first kappa shape index (κ1) is 13.3. The van der Waals surface area contributed by atoms with E-state index in [2.05, 4.69) is 26.1 Å². The zero-order valence-electron chi connectivity index (χ0n) is 10.4. The van der Waals surface area contributed by atoms with Gasteiger partial charge < -0.3 is 10.1 Å². The van der Waals surface area contributed by atoms with Gasteiger partial charge in [-0.1, -0.05) is 31.5 Å². The number of benzene rings is 1. The molecule has 1 unspecified atom stereocenters. The Balaban J connectivity index is 2.58. The van der Waals surface area contributed by atoms with E-state index >= 15 is 0 Å². The van der Waals surface area contributed by atoms with Crippen LogP contribution in [0.15, 0.2) is 18.2 Å². The van der Waals surface area contributed by atoms with E-state index in [1.54, 1.807) is 7.11 Å². The van der Waals surface area contributed by atoms with Crippen molar-refractivity contribution in [2.45, 2.75) is 33.4 Å². The second kappa shape index (κ2) is 6.12. The van der Waals surface area contributed by atoms with E-state index in [0.29, 0.717) is 17.0 Å². The summed E-state index contributed by atoms with van der Waals surface area (Å²) >= 11 is 6.05. The summed E-state index contributed by atoms with van der Waals surface area (Å²) in [6.07, 6.45) is 0. The Hall–Kier alpha value is -0.730. The van der Waals surface area contributed by atoms with Gasteiger partial charge in [-0.05, 0) is 30.5 Å². The Kier molecular flexibility index (Phi) is 5.10. The van der Waals surface area contributed by atoms with Crippen molar-refractivity contribution < 1.29 is 4.74 Å². The molecule has 90 valence electrons. The predicted octanol–water partition coefficient (Wildman–Crippen LogP) is 3.48. The molecule has 0 amide bonds. The van der Waals surface area contributed by atoms with Gasteiger partial charge in [0.05, 0.1) is 12.1 Å². The second-order valence-electron chi connectivity index (χ2n) is 4.38. The van der Waals surface area contributed by atoms with Crippen LogP contribution in [0.25, 0.3) is 0 Å². The van der Waals surface area contributed by atoms with Gasteiger partial charge in [-0.3, -0.25) is 0 Å². The molecule has 0 radical (unpaired) electrons. The Morgan fingerprint density at radius 2 is 2.00 bits per heavy atom. The fraction of sp³-hybridized carbons (Fsp3) is 0.538. The van der Waals surface area contributed by atoms with Crippen molar-refractivity contribution in [3.8, 4) is 5.75 Å². The molecule has 16 heavy (non-hydrogen) atoms. The lowest BCUT2D eigenvalue weighted by Gasteiger charge is -2.17. The second-order valence-corrected chi connectivity index (χ2v) is 4.79. The van der Waals surface area contributed by atoms with Gasteiger partial charge in [0.15, 0.2) is 0 Å². The van der Waals surface area contributed by atoms with Gasteiger partial charge in [0.2, 0.25) is 0 Å². The lowest BCUT2D eigenvalue weighted by Crippen LogP contribution is -2.30. The molecule has 1 aromatic rings. The summed E-state index contributed by atoms with van der Waals surface area (Å²) in [5.41, 5.74) is 1.18. The zero-order chi connectivity index (χ0) is 12.1. The highest BCUT2D eigenvalue weighted by atomic mass is 35.5. The lowest BCUT2D eigenvalue weighted by molar-refractivity contribution is 0.413. The predicted molar refractivity (Wildman–Crippen MR) is 69.1 cm³/mol. The van der Waals surface area contributed by atoms with Gasteiger partial charge in [-0.15, -0.1) is 0 Å². The normalized spacial score (nSPS) is 12.9. The van der Waals surface area contributed by atoms with Gasteiger partial charge in [0.25, 0.3) is 0 Å². The van der Waals surface area contributed by atoms with Gasteiger partial charge in [0.1, 0.15) is 5.75 Å². The summed E-state index contributed by atoms with van der Waals surface area (Å²) in [4.78, 5) is 0. The standard InChI is InChI=1S/C13H20ClNO/c1-9(2)10(3)15-8-11-5-6-13(16-4)12(14)7-11/h5-7,9-10,15H,8H2,1-4H3. The van der Waals surface area contributed by atoms with Crippen LogP contribution in [0, 0.1) is 5.92 Å². The van der Waals surface area contributed by atoms with Crippen LogP contribution < -0.4 is 10.1 Å². The highest BCUT2D eigenvalue weighted by Crippen LogP contribution is 2.24. The molecule has 0 heterocycles. The van der Waals surface area contributed by atoms with Crippen molar-refractivity contribution in [3.05, 3.63) is 28.8 Å². The van der Waals surface area contributed by atoms with Crippen LogP contribution in [0.2, 0.25) is 5.02 Å². The number of halogens is 1. The van der Waals surface area contributed by atoms with Crippen LogP contribution in [0.1, 0.15) is 26.3 Å². The third kappa shape index (κ3) is 3.69. The lowest BCUT2D eigenvalue weighted by atomic mass is 10.1. The molecule has 1 rings (SSSR count). The summed E-state index contributed by atoms with van der Waals surface area (Å²) < 4.78 is 5.11. The van der Waals surface area contributed by atoms with Gasteiger partial charge in [-0.2, -0.15) is 0 Å². The van der Waals surface area contributed by atoms with Crippen LogP contribution in [0.3, 0.4) is 0 Å². The summed E-state index contributed by atoms with van der Waals surface area (Å²) in [6.45, 7) is 7.44. The van der Waals surface area contributed by atoms with Gasteiger partial charge >= 0.3 is 0 Å². The summed E-state index contributed by atoms with van der Waals surface area (Å²) in [5, 5.41) is 4.13. The minimum atomic E-state index is 0.501. The smallest absolute Gasteiger partial charge is 0.137 e. The molecule has 1 N–H and O–H groups in total. The largest absolute Gasteiger partial charge is 0.495 e. The van der Waals surface area contributed by atoms with Crippen molar-refractivity contribution in [2.75, 3.05) is 7.11 Å². The summed E-state index contributed by atoms with van der Waals surface area (Å²) in [7, 11) is 1.62. The van der Waals surface area contributed by atoms with Crippen molar-refractivity contribution >= 4 is 11.6 Å². The monoisotopic (exact) mass is 241 g/mol. The van der Waals surface area contributed by atoms with E-state index < -0.39 is 0 Å². The molecule has 1 atom stereocenters. The Morgan fingerprint density at radius 3 is 2.50 bits per heavy atom. The van der Waals surface area contributed by atoms with E-state index in [0.717, 1.165) is 12.3 Å². The number of hydrogen-bond acceptors (Lipinski definition) is 2. The molecular weight excluding hydrogens is 222 g/mol. The number of ether oxygens (including phenoxy) is 1. The number of nitrogens with one attached hydrogen (secondary N) is 1. The number of methoxy groups -OCH3 is 1. The van der Waals surface area contributed by atoms with E-state index in [-0.39, 0.29) is 0 Å². The first-order chi connectivity index (χ1) is 7.54. The molecule has 0 fully saturated rings. The quantitative estimate of drug-likeness (QED) is 0.852. The van der Waals surface area contributed by atoms with Crippen LogP contribution in [-0.4, -0.2) is 13.2 Å². The molecule has 0 aliphatic carbocycles. The summed E-state index contributed by atoms with van der Waals surface area (Å²) in [6, 6.07) is 6.38. The van der Waals surface area contributed by atoms with Crippen molar-refractivity contribution in [1.82, 2.24) is 5.32 Å². The average Bonchev–Trinajstić information content (AvgIpc) is 2.25. The maximum absolute atomic E-state index is 6.05. The Bertz CT molecular complexity index is 339. The van der Waals surface area contributed by atoms with Crippen molar-refractivity contribution in [3.63, 3.8) is 0 Å². The molecule has 0 saturated carbocycles. The zero-order valence-corrected chi connectivity index (χ0v) is 11.1. The fourth-order valence-corrected chi connectivity index (χ4v) is 1.61. The first-order valence-electron chi connectivity index (χ1n) is 5.60. The van der Waals surface area contributed by atoms with E-state index in [9.17, 15) is 0 Å². The first-order valence-corrected chi connectivity index (χ1v) is 5.98. The summed E-state index contributed by atoms with van der Waals surface area (Å²) in [5.74, 6) is 1.36. The number of hydrogen-bond donors (Lipinski definition) is 1. The van der Waals surface area contributed by atoms with E-state index in [4.69, 9.17) is 16.3 Å². The van der Waals surface area contributed by atoms with Crippen LogP contribution in [-0.2, 0) is 6.54 Å². The number of rotatable bonds is 5. The third-order valence-electron chi connectivity index (χ3n) is 2.84. The molecule has 0 saturated heterocycles. The molecule has 1 aromatic carbocycles. The molecule has 0 aliphatic rings. The molecule has 0 spiro atoms. The third-order valence-corrected chi connectivity index (χ3v) is 3.14. The Morgan fingerprint density at radius 1 is 1.31 bits per heavy atom. The molecule has 2 nitrogen and oxygen atoms in total. The fourth-order valence-electron chi connectivity index (χ4n) is 1.33. The minimum absolute atomic E-state index is 0.501. The maximum Gasteiger partial charge on any atom is 0.137 e. The van der Waals surface area contributed by atoms with Crippen LogP contribution >= 0.6 is 11.6 Å². The molecule has 0 bridgehead atoms. The van der Waals surface area contributed by atoms with Crippen molar-refractivity contribution in [1.29, 1.82) is 0 Å². The van der Waals surface area contributed by atoms with Gasteiger partial charge in [0, 0.05) is 12.6 Å². The van der Waals surface area contributed by atoms with E-state index in [1.807, 2.05) is 18.2 Å². The molecule has 0 aliphatic heterocycles. The average molecular weight is 242 g/mol. The van der Waals surface area contributed by atoms with Crippen molar-refractivity contribution in [2.24, 2.45) is 5.92 Å². The molecule has 3 heteroatoms. The van der Waals surface area contributed by atoms with E-state index in [1.165, 1.54) is 5.56 Å². The highest BCUT2D eigenvalue weighted by Gasteiger charge is 2.07. The van der Waals surface area contributed by atoms with Crippen LogP contribution in [0.5, 0.6) is 5.75 Å².